The van der Waals surface area contributed by atoms with Gasteiger partial charge in [-0.15, -0.1) is 5.10 Å². The fourth-order valence-electron chi connectivity index (χ4n) is 2.85. The molecule has 0 aliphatic rings. The third-order valence-electron chi connectivity index (χ3n) is 4.51. The second kappa shape index (κ2) is 7.98. The van der Waals surface area contributed by atoms with Gasteiger partial charge in [0.1, 0.15) is 0 Å². The van der Waals surface area contributed by atoms with Crippen LogP contribution < -0.4 is 0 Å². The molecule has 7 nitrogen and oxygen atoms in total. The summed E-state index contributed by atoms with van der Waals surface area (Å²) in [5, 5.41) is 12.0. The van der Waals surface area contributed by atoms with E-state index in [2.05, 4.69) is 46.4 Å². The summed E-state index contributed by atoms with van der Waals surface area (Å²) in [6.45, 7) is 6.47. The third-order valence-corrected chi connectivity index (χ3v) is 5.64. The molecule has 0 saturated heterocycles. The molecular formula is C19H23N5O2S. The summed E-state index contributed by atoms with van der Waals surface area (Å²) in [6.07, 6.45) is 1.19. The number of hydrogen-bond donors (Lipinski definition) is 0. The van der Waals surface area contributed by atoms with Crippen molar-refractivity contribution in [3.05, 3.63) is 65.5 Å². The highest BCUT2D eigenvalue weighted by atomic mass is 32.2. The van der Waals surface area contributed by atoms with Gasteiger partial charge in [-0.1, -0.05) is 31.2 Å². The third kappa shape index (κ3) is 4.58. The standard InChI is InChI=1S/C19H23N5O2S/c1-4-23(13-16-8-6-5-7-15(16)2)14-19-20-21-22-24(19)17-9-11-18(12-10-17)27(3,25)26/h5-12H,4,13-14H2,1-3H3. The molecule has 3 rings (SSSR count). The predicted octanol–water partition coefficient (Wildman–Crippen LogP) is 2.40. The van der Waals surface area contributed by atoms with Gasteiger partial charge in [-0.2, -0.15) is 4.68 Å². The van der Waals surface area contributed by atoms with Crippen LogP contribution in [-0.4, -0.2) is 46.3 Å². The lowest BCUT2D eigenvalue weighted by atomic mass is 10.1. The number of tetrazole rings is 1. The molecule has 0 saturated carbocycles. The first-order chi connectivity index (χ1) is 12.9. The highest BCUT2D eigenvalue weighted by molar-refractivity contribution is 7.90. The summed E-state index contributed by atoms with van der Waals surface area (Å²) in [5.41, 5.74) is 3.26. The lowest BCUT2D eigenvalue weighted by Gasteiger charge is -2.21. The maximum atomic E-state index is 11.6. The van der Waals surface area contributed by atoms with Crippen LogP contribution in [0.25, 0.3) is 5.69 Å². The smallest absolute Gasteiger partial charge is 0.175 e. The number of rotatable bonds is 7. The van der Waals surface area contributed by atoms with Gasteiger partial charge in [-0.3, -0.25) is 4.90 Å². The monoisotopic (exact) mass is 385 g/mol. The molecule has 142 valence electrons. The van der Waals surface area contributed by atoms with Gasteiger partial charge in [0, 0.05) is 12.8 Å². The average Bonchev–Trinajstić information content (AvgIpc) is 3.10. The van der Waals surface area contributed by atoms with E-state index in [1.807, 2.05) is 12.1 Å². The lowest BCUT2D eigenvalue weighted by molar-refractivity contribution is 0.261. The normalized spacial score (nSPS) is 11.9. The van der Waals surface area contributed by atoms with Crippen LogP contribution in [0.5, 0.6) is 0 Å². The van der Waals surface area contributed by atoms with Crippen LogP contribution in [0, 0.1) is 6.92 Å². The van der Waals surface area contributed by atoms with Gasteiger partial charge in [0.05, 0.1) is 17.1 Å². The number of aromatic nitrogens is 4. The number of hydrogen-bond acceptors (Lipinski definition) is 6. The Kier molecular flexibility index (Phi) is 5.67. The van der Waals surface area contributed by atoms with Gasteiger partial charge < -0.3 is 0 Å². The summed E-state index contributed by atoms with van der Waals surface area (Å²) in [5.74, 6) is 0.706. The fourth-order valence-corrected chi connectivity index (χ4v) is 3.48. The van der Waals surface area contributed by atoms with Crippen molar-refractivity contribution in [2.24, 2.45) is 0 Å². The zero-order valence-corrected chi connectivity index (χ0v) is 16.5. The molecule has 1 heterocycles. The van der Waals surface area contributed by atoms with E-state index in [0.29, 0.717) is 12.4 Å². The molecule has 0 bridgehead atoms. The van der Waals surface area contributed by atoms with Gasteiger partial charge in [-0.25, -0.2) is 8.42 Å². The molecule has 0 aliphatic carbocycles. The second-order valence-electron chi connectivity index (χ2n) is 6.50. The molecule has 0 N–H and O–H groups in total. The molecule has 2 aromatic carbocycles. The first-order valence-electron chi connectivity index (χ1n) is 8.73. The van der Waals surface area contributed by atoms with Gasteiger partial charge in [0.25, 0.3) is 0 Å². The lowest BCUT2D eigenvalue weighted by Crippen LogP contribution is -2.24. The van der Waals surface area contributed by atoms with Crippen LogP contribution >= 0.6 is 0 Å². The molecule has 0 unspecified atom stereocenters. The van der Waals surface area contributed by atoms with Crippen LogP contribution in [0.15, 0.2) is 53.4 Å². The highest BCUT2D eigenvalue weighted by Crippen LogP contribution is 2.16. The van der Waals surface area contributed by atoms with E-state index < -0.39 is 9.84 Å². The summed E-state index contributed by atoms with van der Waals surface area (Å²) >= 11 is 0. The minimum absolute atomic E-state index is 0.274. The van der Waals surface area contributed by atoms with Crippen molar-refractivity contribution in [1.82, 2.24) is 25.1 Å². The van der Waals surface area contributed by atoms with E-state index in [1.54, 1.807) is 28.9 Å². The van der Waals surface area contributed by atoms with E-state index in [1.165, 1.54) is 17.4 Å². The summed E-state index contributed by atoms with van der Waals surface area (Å²) in [7, 11) is -3.23. The van der Waals surface area contributed by atoms with Gasteiger partial charge >= 0.3 is 0 Å². The minimum Gasteiger partial charge on any atom is -0.292 e. The molecule has 0 fully saturated rings. The Morgan fingerprint density at radius 2 is 1.74 bits per heavy atom. The van der Waals surface area contributed by atoms with Crippen LogP contribution in [0.1, 0.15) is 23.9 Å². The molecule has 1 aromatic heterocycles. The van der Waals surface area contributed by atoms with E-state index in [-0.39, 0.29) is 4.90 Å². The molecule has 0 spiro atoms. The average molecular weight is 385 g/mol. The van der Waals surface area contributed by atoms with E-state index in [4.69, 9.17) is 0 Å². The Hall–Kier alpha value is -2.58. The summed E-state index contributed by atoms with van der Waals surface area (Å²) in [6, 6.07) is 14.9. The van der Waals surface area contributed by atoms with Crippen LogP contribution in [0.3, 0.4) is 0 Å². The number of nitrogens with zero attached hydrogens (tertiary/aromatic N) is 5. The zero-order chi connectivity index (χ0) is 19.4. The van der Waals surface area contributed by atoms with E-state index in [9.17, 15) is 8.42 Å². The van der Waals surface area contributed by atoms with Crippen molar-refractivity contribution in [1.29, 1.82) is 0 Å². The SMILES string of the molecule is CCN(Cc1ccccc1C)Cc1nnnn1-c1ccc(S(C)(=O)=O)cc1. The Labute approximate surface area is 159 Å². The van der Waals surface area contributed by atoms with Gasteiger partial charge in [0.15, 0.2) is 15.7 Å². The summed E-state index contributed by atoms with van der Waals surface area (Å²) < 4.78 is 24.9. The molecular weight excluding hydrogens is 362 g/mol. The predicted molar refractivity (Wildman–Crippen MR) is 103 cm³/mol. The molecule has 0 aliphatic heterocycles. The van der Waals surface area contributed by atoms with Crippen molar-refractivity contribution in [3.63, 3.8) is 0 Å². The van der Waals surface area contributed by atoms with Crippen molar-refractivity contribution < 1.29 is 8.42 Å². The number of sulfone groups is 1. The first kappa shape index (κ1) is 19.2. The Morgan fingerprint density at radius 1 is 1.04 bits per heavy atom. The topological polar surface area (TPSA) is 81.0 Å². The number of benzene rings is 2. The van der Waals surface area contributed by atoms with Crippen molar-refractivity contribution in [2.45, 2.75) is 31.8 Å². The van der Waals surface area contributed by atoms with E-state index >= 15 is 0 Å². The maximum Gasteiger partial charge on any atom is 0.175 e. The van der Waals surface area contributed by atoms with Crippen LogP contribution in [0.2, 0.25) is 0 Å². The van der Waals surface area contributed by atoms with Crippen LogP contribution in [0.4, 0.5) is 0 Å². The van der Waals surface area contributed by atoms with Crippen molar-refractivity contribution in [2.75, 3.05) is 12.8 Å². The first-order valence-corrected chi connectivity index (χ1v) is 10.6. The molecule has 0 amide bonds. The van der Waals surface area contributed by atoms with E-state index in [0.717, 1.165) is 18.8 Å². The Bertz CT molecular complexity index is 1010. The van der Waals surface area contributed by atoms with Gasteiger partial charge in [-0.05, 0) is 59.3 Å². The zero-order valence-electron chi connectivity index (χ0n) is 15.7. The Morgan fingerprint density at radius 3 is 2.37 bits per heavy atom. The number of aryl methyl sites for hydroxylation is 1. The largest absolute Gasteiger partial charge is 0.292 e. The molecule has 0 atom stereocenters. The molecule has 8 heteroatoms. The van der Waals surface area contributed by atoms with Gasteiger partial charge in [0.2, 0.25) is 0 Å². The van der Waals surface area contributed by atoms with Crippen molar-refractivity contribution >= 4 is 9.84 Å². The second-order valence-corrected chi connectivity index (χ2v) is 8.52. The Balaban J connectivity index is 1.81. The quantitative estimate of drug-likeness (QED) is 0.621. The fraction of sp³-hybridized carbons (Fsp3) is 0.316. The summed E-state index contributed by atoms with van der Waals surface area (Å²) in [4.78, 5) is 2.53. The van der Waals surface area contributed by atoms with Crippen molar-refractivity contribution in [3.8, 4) is 5.69 Å². The highest BCUT2D eigenvalue weighted by Gasteiger charge is 2.14. The maximum absolute atomic E-state index is 11.6. The minimum atomic E-state index is -3.23. The van der Waals surface area contributed by atoms with Crippen LogP contribution in [-0.2, 0) is 22.9 Å². The molecule has 27 heavy (non-hydrogen) atoms. The molecule has 3 aromatic rings. The molecule has 0 radical (unpaired) electrons.